The average Bonchev–Trinajstić information content (AvgIpc) is 2.93. The molecule has 3 aromatic carbocycles. The third kappa shape index (κ3) is 11.0. The molecule has 0 saturated carbocycles. The van der Waals surface area contributed by atoms with E-state index in [2.05, 4.69) is 97.9 Å². The number of benzene rings is 3. The van der Waals surface area contributed by atoms with E-state index in [0.29, 0.717) is 0 Å². The summed E-state index contributed by atoms with van der Waals surface area (Å²) in [6, 6.07) is 34.0. The van der Waals surface area contributed by atoms with Crippen LogP contribution in [0.15, 0.2) is 91.0 Å². The zero-order chi connectivity index (χ0) is 24.4. The Hall–Kier alpha value is -1.47. The Morgan fingerprint density at radius 1 is 0.405 bits per heavy atom. The van der Waals surface area contributed by atoms with Gasteiger partial charge in [-0.3, -0.25) is 0 Å². The summed E-state index contributed by atoms with van der Waals surface area (Å²) >= 11 is 0. The number of halogens is 1. The first kappa shape index (κ1) is 33.6. The summed E-state index contributed by atoms with van der Waals surface area (Å²) in [5.74, 6) is 0. The predicted octanol–water partition coefficient (Wildman–Crippen LogP) is 10.2. The first-order valence-electron chi connectivity index (χ1n) is 14.4. The second-order valence-electron chi connectivity index (χ2n) is 10.1. The van der Waals surface area contributed by atoms with Crippen molar-refractivity contribution in [3.8, 4) is 0 Å². The third-order valence-electron chi connectivity index (χ3n) is 7.44. The molecule has 3 N–H and O–H groups in total. The van der Waals surface area contributed by atoms with E-state index in [-0.39, 0.29) is 23.1 Å². The first-order chi connectivity index (χ1) is 17.4. The molecule has 0 radical (unpaired) electrons. The molecule has 1 nitrogen and oxygen atoms in total. The van der Waals surface area contributed by atoms with E-state index in [9.17, 15) is 0 Å². The van der Waals surface area contributed by atoms with Gasteiger partial charge >= 0.3 is 0 Å². The van der Waals surface area contributed by atoms with Gasteiger partial charge in [0.1, 0.15) is 23.2 Å². The molecule has 0 unspecified atom stereocenters. The van der Waals surface area contributed by atoms with Crippen LogP contribution in [0.3, 0.4) is 0 Å². The van der Waals surface area contributed by atoms with Gasteiger partial charge in [-0.1, -0.05) is 139 Å². The highest BCUT2D eigenvalue weighted by atomic mass is 79.9. The average molecular weight is 586 g/mol. The highest BCUT2D eigenvalue weighted by Gasteiger charge is 2.44. The molecule has 3 aromatic rings. The van der Waals surface area contributed by atoms with Crippen molar-refractivity contribution in [3.05, 3.63) is 91.0 Å². The lowest BCUT2D eigenvalue weighted by atomic mass is 10.0. The van der Waals surface area contributed by atoms with Gasteiger partial charge in [-0.05, 0) is 49.2 Å². The summed E-state index contributed by atoms with van der Waals surface area (Å²) in [4.78, 5) is 0. The fourth-order valence-electron chi connectivity index (χ4n) is 5.43. The molecule has 0 aliphatic rings. The normalized spacial score (nSPS) is 10.9. The van der Waals surface area contributed by atoms with Crippen molar-refractivity contribution < 1.29 is 0 Å². The minimum Gasteiger partial charge on any atom is -0.344 e. The maximum absolute atomic E-state index is 2.37. The van der Waals surface area contributed by atoms with Gasteiger partial charge in [0.05, 0.1) is 6.16 Å². The SMILES string of the molecule is Br.CCCCCCCCCCCCCCCC[P+](c1ccccc1)(c1ccccc1)c1ccccc1.N. The smallest absolute Gasteiger partial charge is 0.112 e. The van der Waals surface area contributed by atoms with Crippen LogP contribution in [0.2, 0.25) is 0 Å². The van der Waals surface area contributed by atoms with E-state index < -0.39 is 7.26 Å². The van der Waals surface area contributed by atoms with Gasteiger partial charge in [0.15, 0.2) is 0 Å². The van der Waals surface area contributed by atoms with Crippen LogP contribution in [0.1, 0.15) is 96.8 Å². The zero-order valence-corrected chi connectivity index (χ0v) is 25.9. The van der Waals surface area contributed by atoms with Gasteiger partial charge in [-0.15, -0.1) is 17.0 Å². The lowest BCUT2D eigenvalue weighted by Crippen LogP contribution is -2.33. The third-order valence-corrected chi connectivity index (χ3v) is 12.0. The number of rotatable bonds is 18. The van der Waals surface area contributed by atoms with Crippen molar-refractivity contribution in [2.24, 2.45) is 0 Å². The van der Waals surface area contributed by atoms with Crippen molar-refractivity contribution in [3.63, 3.8) is 0 Å². The molecule has 0 aromatic heterocycles. The van der Waals surface area contributed by atoms with Gasteiger partial charge in [-0.2, -0.15) is 0 Å². The first-order valence-corrected chi connectivity index (χ1v) is 16.4. The quantitative estimate of drug-likeness (QED) is 0.117. The minimum absolute atomic E-state index is 0. The Labute approximate surface area is 239 Å². The maximum atomic E-state index is 2.37. The van der Waals surface area contributed by atoms with Crippen LogP contribution in [0.25, 0.3) is 0 Å². The van der Waals surface area contributed by atoms with Crippen molar-refractivity contribution in [2.75, 3.05) is 6.16 Å². The highest BCUT2D eigenvalue weighted by molar-refractivity contribution is 8.93. The van der Waals surface area contributed by atoms with Gasteiger partial charge in [0, 0.05) is 0 Å². The molecule has 37 heavy (non-hydrogen) atoms. The summed E-state index contributed by atoms with van der Waals surface area (Å²) < 4.78 is 0. The fraction of sp³-hybridized carbons (Fsp3) is 0.471. The van der Waals surface area contributed by atoms with E-state index in [0.717, 1.165) is 0 Å². The molecule has 3 rings (SSSR count). The molecule has 0 aliphatic heterocycles. The number of unbranched alkanes of at least 4 members (excludes halogenated alkanes) is 13. The molecular formula is C34H52BrNP+. The van der Waals surface area contributed by atoms with E-state index >= 15 is 0 Å². The van der Waals surface area contributed by atoms with Crippen LogP contribution in [0.4, 0.5) is 0 Å². The zero-order valence-electron chi connectivity index (χ0n) is 23.3. The fourth-order valence-corrected chi connectivity index (χ4v) is 9.84. The summed E-state index contributed by atoms with van der Waals surface area (Å²) in [7, 11) is -1.64. The van der Waals surface area contributed by atoms with E-state index in [1.165, 1.54) is 112 Å². The van der Waals surface area contributed by atoms with Crippen LogP contribution < -0.4 is 22.1 Å². The van der Waals surface area contributed by atoms with Gasteiger partial charge in [0.2, 0.25) is 0 Å². The Kier molecular flexibility index (Phi) is 18.6. The number of hydrogen-bond donors (Lipinski definition) is 1. The van der Waals surface area contributed by atoms with Gasteiger partial charge < -0.3 is 6.15 Å². The molecule has 0 amide bonds. The van der Waals surface area contributed by atoms with E-state index in [1.54, 1.807) is 0 Å². The van der Waals surface area contributed by atoms with Crippen LogP contribution in [0, 0.1) is 0 Å². The van der Waals surface area contributed by atoms with Crippen LogP contribution in [0.5, 0.6) is 0 Å². The Morgan fingerprint density at radius 2 is 0.676 bits per heavy atom. The van der Waals surface area contributed by atoms with E-state index in [4.69, 9.17) is 0 Å². The molecule has 0 fully saturated rings. The second-order valence-corrected chi connectivity index (χ2v) is 13.8. The monoisotopic (exact) mass is 584 g/mol. The molecule has 0 aliphatic carbocycles. The highest BCUT2D eigenvalue weighted by Crippen LogP contribution is 2.56. The molecule has 0 saturated heterocycles. The maximum Gasteiger partial charge on any atom is 0.112 e. The lowest BCUT2D eigenvalue weighted by Gasteiger charge is -2.27. The van der Waals surface area contributed by atoms with Crippen molar-refractivity contribution in [2.45, 2.75) is 96.8 Å². The Morgan fingerprint density at radius 3 is 0.973 bits per heavy atom. The number of hydrogen-bond acceptors (Lipinski definition) is 1. The Balaban J connectivity index is 0.00000342. The molecule has 0 spiro atoms. The lowest BCUT2D eigenvalue weighted by molar-refractivity contribution is 0.538. The summed E-state index contributed by atoms with van der Waals surface area (Å²) in [6.07, 6.45) is 21.0. The van der Waals surface area contributed by atoms with Gasteiger partial charge in [0.25, 0.3) is 0 Å². The predicted molar refractivity (Wildman–Crippen MR) is 176 cm³/mol. The largest absolute Gasteiger partial charge is 0.344 e. The van der Waals surface area contributed by atoms with Crippen molar-refractivity contribution >= 4 is 40.2 Å². The van der Waals surface area contributed by atoms with Gasteiger partial charge in [-0.25, -0.2) is 0 Å². The molecule has 204 valence electrons. The van der Waals surface area contributed by atoms with E-state index in [1.807, 2.05) is 0 Å². The van der Waals surface area contributed by atoms with Crippen molar-refractivity contribution in [1.82, 2.24) is 6.15 Å². The Bertz CT molecular complexity index is 804. The molecule has 0 bridgehead atoms. The van der Waals surface area contributed by atoms with Crippen LogP contribution in [-0.4, -0.2) is 6.16 Å². The minimum atomic E-state index is -1.64. The molecule has 3 heteroatoms. The standard InChI is InChI=1S/C34H48P.BrH.H3N/c1-2-3-4-5-6-7-8-9-10-11-12-13-14-24-31-35(32-25-18-15-19-26-32,33-27-20-16-21-28-33)34-29-22-17-23-30-34;;/h15-23,25-30H,2-14,24,31H2,1H3;1H;1H3/q+1;;. The molecular weight excluding hydrogens is 533 g/mol. The topological polar surface area (TPSA) is 35.0 Å². The molecule has 0 heterocycles. The summed E-state index contributed by atoms with van der Waals surface area (Å²) in [5.41, 5.74) is 0. The van der Waals surface area contributed by atoms with Crippen LogP contribution in [-0.2, 0) is 0 Å². The second kappa shape index (κ2) is 20.5. The van der Waals surface area contributed by atoms with Crippen LogP contribution >= 0.6 is 24.2 Å². The molecule has 0 atom stereocenters. The summed E-state index contributed by atoms with van der Waals surface area (Å²) in [5, 5.41) is 4.56. The van der Waals surface area contributed by atoms with Crippen molar-refractivity contribution in [1.29, 1.82) is 0 Å². The summed E-state index contributed by atoms with van der Waals surface area (Å²) in [6.45, 7) is 2.30.